The van der Waals surface area contributed by atoms with Gasteiger partial charge < -0.3 is 19.5 Å². The van der Waals surface area contributed by atoms with Crippen molar-refractivity contribution in [1.82, 2.24) is 14.8 Å². The number of hydrogen-bond donors (Lipinski definition) is 1. The number of benzene rings is 1. The molecule has 2 amide bonds. The van der Waals surface area contributed by atoms with E-state index in [2.05, 4.69) is 12.2 Å². The number of thiophene rings is 1. The molecule has 1 atom stereocenters. The third-order valence-electron chi connectivity index (χ3n) is 7.46. The molecule has 1 saturated carbocycles. The summed E-state index contributed by atoms with van der Waals surface area (Å²) in [5, 5.41) is 5.35. The maximum absolute atomic E-state index is 13.8. The highest BCUT2D eigenvalue weighted by Gasteiger charge is 2.48. The minimum absolute atomic E-state index is 0.0610. The predicted molar refractivity (Wildman–Crippen MR) is 135 cm³/mol. The van der Waals surface area contributed by atoms with Crippen molar-refractivity contribution >= 4 is 33.4 Å². The highest BCUT2D eigenvalue weighted by atomic mass is 32.1. The standard InChI is InChI=1S/C27H33N3O3S/c1-4-33-21-11-7-19(8-12-21)16-30-25(31)23-15-24-22(13-14-34-24)29(23)17-27(30,3)26(32)28-20-9-5-18(2)6-10-20/h7-8,11-15,18,20H,4-6,9-10,16-17H2,1-3H3,(H,28,32)/t18?,20?,27-/m0/s1. The number of carbonyl (C=O) groups is 2. The Hall–Kier alpha value is -2.80. The van der Waals surface area contributed by atoms with Crippen LogP contribution in [0, 0.1) is 5.92 Å². The van der Waals surface area contributed by atoms with Crippen LogP contribution in [0.2, 0.25) is 0 Å². The molecule has 2 aromatic heterocycles. The van der Waals surface area contributed by atoms with Crippen LogP contribution in [0.1, 0.15) is 62.5 Å². The van der Waals surface area contributed by atoms with Gasteiger partial charge in [0.1, 0.15) is 17.0 Å². The van der Waals surface area contributed by atoms with Crippen LogP contribution in [0.5, 0.6) is 5.75 Å². The summed E-state index contributed by atoms with van der Waals surface area (Å²) in [6.07, 6.45) is 4.26. The van der Waals surface area contributed by atoms with E-state index in [1.54, 1.807) is 16.2 Å². The molecule has 0 saturated heterocycles. The van der Waals surface area contributed by atoms with Gasteiger partial charge in [0.05, 0.1) is 23.4 Å². The van der Waals surface area contributed by atoms with Gasteiger partial charge in [-0.3, -0.25) is 9.59 Å². The van der Waals surface area contributed by atoms with Gasteiger partial charge in [0.25, 0.3) is 5.91 Å². The van der Waals surface area contributed by atoms with E-state index in [0.717, 1.165) is 47.2 Å². The van der Waals surface area contributed by atoms with E-state index < -0.39 is 5.54 Å². The van der Waals surface area contributed by atoms with Gasteiger partial charge in [-0.25, -0.2) is 0 Å². The maximum atomic E-state index is 13.8. The second-order valence-electron chi connectivity index (χ2n) is 9.96. The molecule has 6 nitrogen and oxygen atoms in total. The molecule has 1 aromatic carbocycles. The van der Waals surface area contributed by atoms with Crippen LogP contribution in [-0.2, 0) is 17.9 Å². The van der Waals surface area contributed by atoms with Gasteiger partial charge in [-0.1, -0.05) is 19.1 Å². The normalized spacial score (nSPS) is 24.8. The van der Waals surface area contributed by atoms with Gasteiger partial charge in [-0.05, 0) is 80.7 Å². The van der Waals surface area contributed by atoms with Crippen LogP contribution in [0.4, 0.5) is 0 Å². The number of nitrogens with one attached hydrogen (secondary N) is 1. The van der Waals surface area contributed by atoms with Crippen molar-refractivity contribution < 1.29 is 14.3 Å². The molecule has 7 heteroatoms. The lowest BCUT2D eigenvalue weighted by Crippen LogP contribution is -2.64. The lowest BCUT2D eigenvalue weighted by Gasteiger charge is -2.45. The molecule has 180 valence electrons. The van der Waals surface area contributed by atoms with Crippen LogP contribution in [0.15, 0.2) is 41.8 Å². The van der Waals surface area contributed by atoms with E-state index in [4.69, 9.17) is 4.74 Å². The van der Waals surface area contributed by atoms with Crippen molar-refractivity contribution in [3.8, 4) is 5.75 Å². The van der Waals surface area contributed by atoms with Crippen molar-refractivity contribution in [1.29, 1.82) is 0 Å². The summed E-state index contributed by atoms with van der Waals surface area (Å²) in [4.78, 5) is 29.4. The molecule has 2 aliphatic rings. The Bertz CT molecular complexity index is 1190. The number of ether oxygens (including phenoxy) is 1. The number of rotatable bonds is 6. The fourth-order valence-electron chi connectivity index (χ4n) is 5.31. The Morgan fingerprint density at radius 1 is 1.18 bits per heavy atom. The molecular weight excluding hydrogens is 446 g/mol. The fourth-order valence-corrected chi connectivity index (χ4v) is 6.13. The Morgan fingerprint density at radius 2 is 1.91 bits per heavy atom. The molecule has 0 radical (unpaired) electrons. The zero-order valence-electron chi connectivity index (χ0n) is 20.2. The second kappa shape index (κ2) is 9.10. The molecule has 5 rings (SSSR count). The first-order valence-electron chi connectivity index (χ1n) is 12.3. The first-order valence-corrected chi connectivity index (χ1v) is 13.2. The number of aromatic nitrogens is 1. The molecule has 1 aliphatic carbocycles. The van der Waals surface area contributed by atoms with Crippen LogP contribution < -0.4 is 10.1 Å². The van der Waals surface area contributed by atoms with Gasteiger partial charge >= 0.3 is 0 Å². The molecule has 1 fully saturated rings. The van der Waals surface area contributed by atoms with Crippen LogP contribution in [0.25, 0.3) is 10.2 Å². The topological polar surface area (TPSA) is 63.6 Å². The van der Waals surface area contributed by atoms with Crippen molar-refractivity contribution in [2.75, 3.05) is 6.61 Å². The number of carbonyl (C=O) groups excluding carboxylic acids is 2. The van der Waals surface area contributed by atoms with E-state index >= 15 is 0 Å². The smallest absolute Gasteiger partial charge is 0.271 e. The molecule has 1 aliphatic heterocycles. The van der Waals surface area contributed by atoms with Crippen molar-refractivity contribution in [3.05, 3.63) is 53.0 Å². The highest BCUT2D eigenvalue weighted by molar-refractivity contribution is 7.17. The molecular formula is C27H33N3O3S. The molecule has 0 bridgehead atoms. The monoisotopic (exact) mass is 479 g/mol. The Balaban J connectivity index is 1.47. The molecule has 0 unspecified atom stereocenters. The van der Waals surface area contributed by atoms with Gasteiger partial charge in [0.15, 0.2) is 0 Å². The molecule has 0 spiro atoms. The molecule has 1 N–H and O–H groups in total. The Morgan fingerprint density at radius 3 is 2.62 bits per heavy atom. The molecule has 3 aromatic rings. The van der Waals surface area contributed by atoms with Gasteiger partial charge in [-0.2, -0.15) is 0 Å². The lowest BCUT2D eigenvalue weighted by molar-refractivity contribution is -0.134. The minimum Gasteiger partial charge on any atom is -0.494 e. The van der Waals surface area contributed by atoms with E-state index in [9.17, 15) is 9.59 Å². The van der Waals surface area contributed by atoms with Crippen molar-refractivity contribution in [2.24, 2.45) is 5.92 Å². The van der Waals surface area contributed by atoms with E-state index in [1.807, 2.05) is 60.2 Å². The second-order valence-corrected chi connectivity index (χ2v) is 10.9. The number of amides is 2. The van der Waals surface area contributed by atoms with E-state index in [1.165, 1.54) is 0 Å². The predicted octanol–water partition coefficient (Wildman–Crippen LogP) is 5.21. The fraction of sp³-hybridized carbons (Fsp3) is 0.481. The summed E-state index contributed by atoms with van der Waals surface area (Å²) in [6.45, 7) is 7.57. The highest BCUT2D eigenvalue weighted by Crippen LogP contribution is 2.36. The zero-order chi connectivity index (χ0) is 23.9. The quantitative estimate of drug-likeness (QED) is 0.528. The maximum Gasteiger partial charge on any atom is 0.271 e. The first kappa shape index (κ1) is 23.0. The summed E-state index contributed by atoms with van der Waals surface area (Å²) in [7, 11) is 0. The third kappa shape index (κ3) is 4.11. The SMILES string of the molecule is CCOc1ccc(CN2C(=O)c3cc4sccc4n3C[C@@]2(C)C(=O)NC2CCC(C)CC2)cc1. The average molecular weight is 480 g/mol. The van der Waals surface area contributed by atoms with Crippen LogP contribution in [-0.4, -0.2) is 39.5 Å². The third-order valence-corrected chi connectivity index (χ3v) is 8.32. The van der Waals surface area contributed by atoms with Crippen LogP contribution in [0.3, 0.4) is 0 Å². The Kier molecular flexibility index (Phi) is 6.15. The van der Waals surface area contributed by atoms with Gasteiger partial charge in [0, 0.05) is 12.6 Å². The lowest BCUT2D eigenvalue weighted by atomic mass is 9.86. The number of nitrogens with zero attached hydrogens (tertiary/aromatic N) is 2. The summed E-state index contributed by atoms with van der Waals surface area (Å²) in [5.41, 5.74) is 1.67. The van der Waals surface area contributed by atoms with Crippen molar-refractivity contribution in [3.63, 3.8) is 0 Å². The number of hydrogen-bond acceptors (Lipinski definition) is 4. The summed E-state index contributed by atoms with van der Waals surface area (Å²) in [5.74, 6) is 1.36. The van der Waals surface area contributed by atoms with E-state index in [0.29, 0.717) is 31.3 Å². The van der Waals surface area contributed by atoms with Gasteiger partial charge in [-0.15, -0.1) is 11.3 Å². The summed E-state index contributed by atoms with van der Waals surface area (Å²) in [6, 6.07) is 12.0. The van der Waals surface area contributed by atoms with Gasteiger partial charge in [0.2, 0.25) is 5.91 Å². The molecule has 3 heterocycles. The summed E-state index contributed by atoms with van der Waals surface area (Å²) >= 11 is 1.63. The first-order chi connectivity index (χ1) is 16.4. The zero-order valence-corrected chi connectivity index (χ0v) is 21.0. The van der Waals surface area contributed by atoms with E-state index in [-0.39, 0.29) is 17.9 Å². The minimum atomic E-state index is -0.986. The average Bonchev–Trinajstić information content (AvgIpc) is 3.42. The van der Waals surface area contributed by atoms with Crippen LogP contribution >= 0.6 is 11.3 Å². The number of fused-ring (bicyclic) bond motifs is 3. The summed E-state index contributed by atoms with van der Waals surface area (Å²) < 4.78 is 8.68. The van der Waals surface area contributed by atoms with Crippen molar-refractivity contribution in [2.45, 2.75) is 71.1 Å². The molecule has 34 heavy (non-hydrogen) atoms. The largest absolute Gasteiger partial charge is 0.494 e. The Labute approximate surface area is 204 Å².